The van der Waals surface area contributed by atoms with Crippen molar-refractivity contribution in [3.63, 3.8) is 0 Å². The van der Waals surface area contributed by atoms with Gasteiger partial charge in [0.25, 0.3) is 5.91 Å². The van der Waals surface area contributed by atoms with Gasteiger partial charge in [-0.2, -0.15) is 0 Å². The summed E-state index contributed by atoms with van der Waals surface area (Å²) in [6.45, 7) is 2.82. The molecule has 0 aliphatic rings. The Kier molecular flexibility index (Phi) is 7.16. The molecular formula is C23H23N3O5. The predicted octanol–water partition coefficient (Wildman–Crippen LogP) is 4.03. The highest BCUT2D eigenvalue weighted by Crippen LogP contribution is 2.30. The third-order valence-corrected chi connectivity index (χ3v) is 4.47. The van der Waals surface area contributed by atoms with Crippen LogP contribution in [-0.4, -0.2) is 45.5 Å². The molecule has 0 fully saturated rings. The van der Waals surface area contributed by atoms with Crippen LogP contribution >= 0.6 is 0 Å². The van der Waals surface area contributed by atoms with Crippen LogP contribution in [0.1, 0.15) is 39.9 Å². The Balaban J connectivity index is 1.72. The standard InChI is InChI=1S/C23H23N3O5/c1-3-12-26(15-16-8-10-17(11-9-16)23(28)29)22(27)21-24-13-18(14-25-21)31-20-7-5-4-6-19(20)30-2/h4-11,13-14H,3,12,15H2,1-2H3,(H,28,29). The minimum atomic E-state index is -0.989. The lowest BCUT2D eigenvalue weighted by Gasteiger charge is -2.21. The number of benzene rings is 2. The van der Waals surface area contributed by atoms with Gasteiger partial charge in [0, 0.05) is 13.1 Å². The van der Waals surface area contributed by atoms with E-state index in [9.17, 15) is 9.59 Å². The topological polar surface area (TPSA) is 102 Å². The van der Waals surface area contributed by atoms with E-state index in [1.54, 1.807) is 36.3 Å². The number of aromatic nitrogens is 2. The molecule has 31 heavy (non-hydrogen) atoms. The van der Waals surface area contributed by atoms with Crippen LogP contribution < -0.4 is 9.47 Å². The first-order valence-corrected chi connectivity index (χ1v) is 9.76. The second-order valence-corrected chi connectivity index (χ2v) is 6.72. The van der Waals surface area contributed by atoms with Crippen LogP contribution in [0.2, 0.25) is 0 Å². The first-order chi connectivity index (χ1) is 15.0. The molecule has 0 radical (unpaired) electrons. The van der Waals surface area contributed by atoms with Crippen LogP contribution in [-0.2, 0) is 6.54 Å². The zero-order chi connectivity index (χ0) is 22.2. The Morgan fingerprint density at radius 1 is 1.00 bits per heavy atom. The van der Waals surface area contributed by atoms with Gasteiger partial charge in [-0.15, -0.1) is 0 Å². The van der Waals surface area contributed by atoms with E-state index < -0.39 is 5.97 Å². The van der Waals surface area contributed by atoms with Crippen LogP contribution in [0.15, 0.2) is 60.9 Å². The summed E-state index contributed by atoms with van der Waals surface area (Å²) in [5, 5.41) is 9.03. The van der Waals surface area contributed by atoms with Crippen LogP contribution in [0.4, 0.5) is 0 Å². The number of nitrogens with zero attached hydrogens (tertiary/aromatic N) is 3. The lowest BCUT2D eigenvalue weighted by atomic mass is 10.1. The highest BCUT2D eigenvalue weighted by molar-refractivity contribution is 5.90. The third kappa shape index (κ3) is 5.57. The fraction of sp³-hybridized carbons (Fsp3) is 0.217. The van der Waals surface area contributed by atoms with Gasteiger partial charge >= 0.3 is 5.97 Å². The lowest BCUT2D eigenvalue weighted by molar-refractivity contribution is 0.0693. The van der Waals surface area contributed by atoms with Crippen molar-refractivity contribution in [2.75, 3.05) is 13.7 Å². The minimum absolute atomic E-state index is 0.0583. The summed E-state index contributed by atoms with van der Waals surface area (Å²) >= 11 is 0. The Hall–Kier alpha value is -3.94. The Morgan fingerprint density at radius 3 is 2.23 bits per heavy atom. The number of hydrogen-bond donors (Lipinski definition) is 1. The molecule has 2 aromatic carbocycles. The summed E-state index contributed by atoms with van der Waals surface area (Å²) in [5.41, 5.74) is 1.02. The molecule has 0 unspecified atom stereocenters. The number of carboxylic acids is 1. The number of methoxy groups -OCH3 is 1. The van der Waals surface area contributed by atoms with E-state index in [1.165, 1.54) is 24.5 Å². The molecule has 0 aliphatic carbocycles. The maximum Gasteiger partial charge on any atom is 0.335 e. The number of amides is 1. The van der Waals surface area contributed by atoms with Crippen molar-refractivity contribution in [3.8, 4) is 17.2 Å². The number of ether oxygens (including phenoxy) is 2. The predicted molar refractivity (Wildman–Crippen MR) is 114 cm³/mol. The summed E-state index contributed by atoms with van der Waals surface area (Å²) in [5.74, 6) is 0.232. The second kappa shape index (κ2) is 10.2. The molecule has 0 spiro atoms. The van der Waals surface area contributed by atoms with Crippen molar-refractivity contribution in [2.24, 2.45) is 0 Å². The third-order valence-electron chi connectivity index (χ3n) is 4.47. The molecule has 1 heterocycles. The maximum absolute atomic E-state index is 12.9. The van der Waals surface area contributed by atoms with Gasteiger partial charge in [0.15, 0.2) is 17.2 Å². The molecule has 3 rings (SSSR count). The number of rotatable bonds is 9. The molecule has 0 saturated heterocycles. The second-order valence-electron chi connectivity index (χ2n) is 6.72. The van der Waals surface area contributed by atoms with Crippen LogP contribution in [0.3, 0.4) is 0 Å². The summed E-state index contributed by atoms with van der Waals surface area (Å²) < 4.78 is 11.0. The summed E-state index contributed by atoms with van der Waals surface area (Å²) in [7, 11) is 1.55. The average Bonchev–Trinajstić information content (AvgIpc) is 2.79. The fourth-order valence-corrected chi connectivity index (χ4v) is 2.95. The zero-order valence-corrected chi connectivity index (χ0v) is 17.3. The molecule has 0 bridgehead atoms. The van der Waals surface area contributed by atoms with E-state index in [-0.39, 0.29) is 17.3 Å². The zero-order valence-electron chi connectivity index (χ0n) is 17.3. The quantitative estimate of drug-likeness (QED) is 0.556. The number of hydrogen-bond acceptors (Lipinski definition) is 6. The van der Waals surface area contributed by atoms with E-state index in [4.69, 9.17) is 14.6 Å². The number of carboxylic acid groups (broad SMARTS) is 1. The van der Waals surface area contributed by atoms with E-state index in [0.717, 1.165) is 12.0 Å². The van der Waals surface area contributed by atoms with Gasteiger partial charge in [-0.05, 0) is 36.2 Å². The van der Waals surface area contributed by atoms with E-state index in [0.29, 0.717) is 30.3 Å². The summed E-state index contributed by atoms with van der Waals surface area (Å²) in [6.07, 6.45) is 3.64. The van der Waals surface area contributed by atoms with Gasteiger partial charge in [0.05, 0.1) is 25.1 Å². The summed E-state index contributed by atoms with van der Waals surface area (Å²) in [4.78, 5) is 33.9. The smallest absolute Gasteiger partial charge is 0.335 e. The normalized spacial score (nSPS) is 10.4. The molecule has 1 aromatic heterocycles. The van der Waals surface area contributed by atoms with E-state index in [2.05, 4.69) is 9.97 Å². The van der Waals surface area contributed by atoms with Gasteiger partial charge in [-0.25, -0.2) is 14.8 Å². The Bertz CT molecular complexity index is 1040. The van der Waals surface area contributed by atoms with Gasteiger partial charge < -0.3 is 19.5 Å². The van der Waals surface area contributed by atoms with Crippen LogP contribution in [0.5, 0.6) is 17.2 Å². The maximum atomic E-state index is 12.9. The molecule has 0 saturated carbocycles. The molecule has 8 nitrogen and oxygen atoms in total. The van der Waals surface area contributed by atoms with Crippen LogP contribution in [0, 0.1) is 0 Å². The van der Waals surface area contributed by atoms with Crippen molar-refractivity contribution in [1.29, 1.82) is 0 Å². The molecule has 160 valence electrons. The largest absolute Gasteiger partial charge is 0.493 e. The monoisotopic (exact) mass is 421 g/mol. The lowest BCUT2D eigenvalue weighted by Crippen LogP contribution is -2.32. The molecule has 0 atom stereocenters. The van der Waals surface area contributed by atoms with Crippen LogP contribution in [0.25, 0.3) is 0 Å². The molecular weight excluding hydrogens is 398 g/mol. The summed E-state index contributed by atoms with van der Waals surface area (Å²) in [6, 6.07) is 13.6. The Morgan fingerprint density at radius 2 is 1.65 bits per heavy atom. The average molecular weight is 421 g/mol. The van der Waals surface area contributed by atoms with E-state index >= 15 is 0 Å². The Labute approximate surface area is 180 Å². The molecule has 0 aliphatic heterocycles. The van der Waals surface area contributed by atoms with E-state index in [1.807, 2.05) is 19.1 Å². The van der Waals surface area contributed by atoms with Gasteiger partial charge in [0.1, 0.15) is 0 Å². The first kappa shape index (κ1) is 21.8. The highest BCUT2D eigenvalue weighted by atomic mass is 16.5. The van der Waals surface area contributed by atoms with Gasteiger partial charge in [0.2, 0.25) is 5.82 Å². The number of carbonyl (C=O) groups is 2. The van der Waals surface area contributed by atoms with Gasteiger partial charge in [-0.1, -0.05) is 31.2 Å². The van der Waals surface area contributed by atoms with Crippen molar-refractivity contribution < 1.29 is 24.2 Å². The number of carbonyl (C=O) groups excluding carboxylic acids is 1. The SMILES string of the molecule is CCCN(Cc1ccc(C(=O)O)cc1)C(=O)c1ncc(Oc2ccccc2OC)cn1. The fourth-order valence-electron chi connectivity index (χ4n) is 2.95. The first-order valence-electron chi connectivity index (χ1n) is 9.76. The highest BCUT2D eigenvalue weighted by Gasteiger charge is 2.19. The van der Waals surface area contributed by atoms with Crippen molar-refractivity contribution in [2.45, 2.75) is 19.9 Å². The number of aromatic carboxylic acids is 1. The van der Waals surface area contributed by atoms with Crippen molar-refractivity contribution >= 4 is 11.9 Å². The minimum Gasteiger partial charge on any atom is -0.493 e. The molecule has 8 heteroatoms. The molecule has 3 aromatic rings. The number of para-hydroxylation sites is 2. The molecule has 1 amide bonds. The van der Waals surface area contributed by atoms with Crippen molar-refractivity contribution in [1.82, 2.24) is 14.9 Å². The molecule has 1 N–H and O–H groups in total. The van der Waals surface area contributed by atoms with Crippen molar-refractivity contribution in [3.05, 3.63) is 77.9 Å². The van der Waals surface area contributed by atoms with Gasteiger partial charge in [-0.3, -0.25) is 4.79 Å².